The minimum absolute atomic E-state index is 0.0500. The first-order valence-corrected chi connectivity index (χ1v) is 7.99. The molecule has 0 spiro atoms. The summed E-state index contributed by atoms with van der Waals surface area (Å²) in [5.41, 5.74) is 3.74. The highest BCUT2D eigenvalue weighted by atomic mass is 127. The highest BCUT2D eigenvalue weighted by molar-refractivity contribution is 14.1. The predicted octanol–water partition coefficient (Wildman–Crippen LogP) is 3.61. The van der Waals surface area contributed by atoms with Gasteiger partial charge in [0.2, 0.25) is 0 Å². The Morgan fingerprint density at radius 3 is 2.67 bits per heavy atom. The number of aryl methyl sites for hydroxylation is 1. The van der Waals surface area contributed by atoms with E-state index in [-0.39, 0.29) is 5.91 Å². The van der Waals surface area contributed by atoms with Crippen LogP contribution in [-0.2, 0) is 6.42 Å². The normalized spacial score (nSPS) is 10.4. The lowest BCUT2D eigenvalue weighted by Crippen LogP contribution is -2.17. The molecule has 110 valence electrons. The van der Waals surface area contributed by atoms with Crippen LogP contribution in [0.4, 0.5) is 5.69 Å². The Morgan fingerprint density at radius 2 is 1.95 bits per heavy atom. The third-order valence-corrected chi connectivity index (χ3v) is 4.01. The van der Waals surface area contributed by atoms with Crippen molar-refractivity contribution >= 4 is 34.2 Å². The Hall–Kier alpha value is -1.40. The third-order valence-electron chi connectivity index (χ3n) is 3.34. The minimum atomic E-state index is -0.0500. The Kier molecular flexibility index (Phi) is 5.76. The van der Waals surface area contributed by atoms with Crippen LogP contribution in [0.1, 0.15) is 21.5 Å². The second kappa shape index (κ2) is 7.56. The van der Waals surface area contributed by atoms with Crippen molar-refractivity contribution in [2.45, 2.75) is 13.3 Å². The molecule has 0 aliphatic rings. The molecule has 0 radical (unpaired) electrons. The van der Waals surface area contributed by atoms with Gasteiger partial charge in [-0.2, -0.15) is 0 Å². The second-order valence-corrected chi connectivity index (χ2v) is 6.17. The van der Waals surface area contributed by atoms with E-state index in [4.69, 9.17) is 0 Å². The smallest absolute Gasteiger partial charge is 0.255 e. The topological polar surface area (TPSA) is 41.1 Å². The number of anilines is 1. The van der Waals surface area contributed by atoms with Crippen LogP contribution in [0, 0.1) is 10.5 Å². The van der Waals surface area contributed by atoms with Gasteiger partial charge in [-0.3, -0.25) is 4.79 Å². The number of likely N-dealkylation sites (N-methyl/N-ethyl adjacent to an activating group) is 1. The van der Waals surface area contributed by atoms with E-state index >= 15 is 0 Å². The lowest BCUT2D eigenvalue weighted by atomic mass is 10.0. The quantitative estimate of drug-likeness (QED) is 0.761. The van der Waals surface area contributed by atoms with E-state index in [0.717, 1.165) is 38.9 Å². The molecule has 2 aromatic carbocycles. The Balaban J connectivity index is 2.20. The fourth-order valence-corrected chi connectivity index (χ4v) is 2.82. The van der Waals surface area contributed by atoms with Gasteiger partial charge in [0.05, 0.1) is 0 Å². The molecule has 3 nitrogen and oxygen atoms in total. The van der Waals surface area contributed by atoms with E-state index in [9.17, 15) is 4.79 Å². The number of nitrogens with one attached hydrogen (secondary N) is 2. The summed E-state index contributed by atoms with van der Waals surface area (Å²) >= 11 is 2.27. The molecule has 2 rings (SSSR count). The van der Waals surface area contributed by atoms with Gasteiger partial charge in [0.15, 0.2) is 0 Å². The summed E-state index contributed by atoms with van der Waals surface area (Å²) in [4.78, 5) is 12.5. The molecular weight excluding hydrogens is 375 g/mol. The highest BCUT2D eigenvalue weighted by Crippen LogP contribution is 2.19. The molecule has 0 aliphatic carbocycles. The number of hydrogen-bond donors (Lipinski definition) is 2. The first-order valence-electron chi connectivity index (χ1n) is 6.92. The van der Waals surface area contributed by atoms with E-state index in [1.807, 2.05) is 50.4 Å². The maximum Gasteiger partial charge on any atom is 0.255 e. The van der Waals surface area contributed by atoms with Gasteiger partial charge in [-0.15, -0.1) is 0 Å². The van der Waals surface area contributed by atoms with Crippen molar-refractivity contribution in [1.29, 1.82) is 0 Å². The van der Waals surface area contributed by atoms with Crippen LogP contribution >= 0.6 is 22.6 Å². The number of benzene rings is 2. The summed E-state index contributed by atoms with van der Waals surface area (Å²) in [6, 6.07) is 13.8. The summed E-state index contributed by atoms with van der Waals surface area (Å²) < 4.78 is 1.16. The number of amides is 1. The van der Waals surface area contributed by atoms with Crippen molar-refractivity contribution in [3.05, 3.63) is 62.7 Å². The highest BCUT2D eigenvalue weighted by Gasteiger charge is 2.11. The van der Waals surface area contributed by atoms with Crippen LogP contribution in [0.15, 0.2) is 42.5 Å². The molecule has 1 amide bonds. The molecule has 21 heavy (non-hydrogen) atoms. The van der Waals surface area contributed by atoms with Gasteiger partial charge >= 0.3 is 0 Å². The molecule has 0 heterocycles. The molecule has 0 aromatic heterocycles. The zero-order valence-corrected chi connectivity index (χ0v) is 14.4. The average Bonchev–Trinajstić information content (AvgIpc) is 2.48. The maximum atomic E-state index is 12.5. The van der Waals surface area contributed by atoms with Gasteiger partial charge in [0, 0.05) is 14.8 Å². The van der Waals surface area contributed by atoms with Crippen LogP contribution in [0.2, 0.25) is 0 Å². The Labute approximate surface area is 139 Å². The molecule has 4 heteroatoms. The molecule has 0 bridgehead atoms. The summed E-state index contributed by atoms with van der Waals surface area (Å²) in [5, 5.41) is 6.12. The number of rotatable bonds is 5. The first kappa shape index (κ1) is 16.0. The molecule has 0 atom stereocenters. The summed E-state index contributed by atoms with van der Waals surface area (Å²) in [5.74, 6) is -0.0500. The van der Waals surface area contributed by atoms with E-state index in [2.05, 4.69) is 39.3 Å². The van der Waals surface area contributed by atoms with Crippen LogP contribution in [0.3, 0.4) is 0 Å². The van der Waals surface area contributed by atoms with Crippen LogP contribution in [0.5, 0.6) is 0 Å². The lowest BCUT2D eigenvalue weighted by Gasteiger charge is -2.12. The largest absolute Gasteiger partial charge is 0.322 e. The second-order valence-electron chi connectivity index (χ2n) is 4.92. The number of hydrogen-bond acceptors (Lipinski definition) is 2. The molecule has 0 unspecified atom stereocenters. The molecule has 0 fully saturated rings. The van der Waals surface area contributed by atoms with Crippen LogP contribution in [0.25, 0.3) is 0 Å². The lowest BCUT2D eigenvalue weighted by molar-refractivity contribution is 0.102. The summed E-state index contributed by atoms with van der Waals surface area (Å²) in [6.45, 7) is 2.86. The Bertz CT molecular complexity index is 640. The predicted molar refractivity (Wildman–Crippen MR) is 95.9 cm³/mol. The van der Waals surface area contributed by atoms with Crippen LogP contribution < -0.4 is 10.6 Å². The fourth-order valence-electron chi connectivity index (χ4n) is 2.18. The standard InChI is InChI=1S/C17H19IN2O/c1-12-11-14(18)7-8-16(12)20-17(21)15-6-4-3-5-13(15)9-10-19-2/h3-8,11,19H,9-10H2,1-2H3,(H,20,21). The molecule has 0 saturated heterocycles. The summed E-state index contributed by atoms with van der Waals surface area (Å²) in [7, 11) is 1.91. The van der Waals surface area contributed by atoms with Gasteiger partial charge < -0.3 is 10.6 Å². The molecule has 0 saturated carbocycles. The monoisotopic (exact) mass is 394 g/mol. The van der Waals surface area contributed by atoms with Crippen molar-refractivity contribution < 1.29 is 4.79 Å². The maximum absolute atomic E-state index is 12.5. The SMILES string of the molecule is CNCCc1ccccc1C(=O)Nc1ccc(I)cc1C. The Morgan fingerprint density at radius 1 is 1.19 bits per heavy atom. The minimum Gasteiger partial charge on any atom is -0.322 e. The third kappa shape index (κ3) is 4.28. The van der Waals surface area contributed by atoms with Crippen LogP contribution in [-0.4, -0.2) is 19.5 Å². The van der Waals surface area contributed by atoms with E-state index in [1.54, 1.807) is 0 Å². The number of halogens is 1. The summed E-state index contributed by atoms with van der Waals surface area (Å²) in [6.07, 6.45) is 0.839. The van der Waals surface area contributed by atoms with Gasteiger partial charge in [-0.25, -0.2) is 0 Å². The molecular formula is C17H19IN2O. The average molecular weight is 394 g/mol. The van der Waals surface area contributed by atoms with Gasteiger partial charge in [-0.05, 0) is 84.9 Å². The number of carbonyl (C=O) groups is 1. The first-order chi connectivity index (χ1) is 10.1. The van der Waals surface area contributed by atoms with Gasteiger partial charge in [0.25, 0.3) is 5.91 Å². The van der Waals surface area contributed by atoms with Crippen molar-refractivity contribution in [3.8, 4) is 0 Å². The van der Waals surface area contributed by atoms with Gasteiger partial charge in [-0.1, -0.05) is 18.2 Å². The van der Waals surface area contributed by atoms with Crippen molar-refractivity contribution in [1.82, 2.24) is 5.32 Å². The van der Waals surface area contributed by atoms with E-state index < -0.39 is 0 Å². The zero-order valence-electron chi connectivity index (χ0n) is 12.2. The fraction of sp³-hybridized carbons (Fsp3) is 0.235. The van der Waals surface area contributed by atoms with Crippen molar-refractivity contribution in [2.24, 2.45) is 0 Å². The molecule has 0 aliphatic heterocycles. The van der Waals surface area contributed by atoms with E-state index in [0.29, 0.717) is 0 Å². The van der Waals surface area contributed by atoms with Crippen molar-refractivity contribution in [2.75, 3.05) is 18.9 Å². The molecule has 2 aromatic rings. The van der Waals surface area contributed by atoms with Gasteiger partial charge in [0.1, 0.15) is 0 Å². The zero-order chi connectivity index (χ0) is 15.2. The van der Waals surface area contributed by atoms with Crippen molar-refractivity contribution in [3.63, 3.8) is 0 Å². The molecule has 2 N–H and O–H groups in total. The van der Waals surface area contributed by atoms with E-state index in [1.165, 1.54) is 0 Å². The number of carbonyl (C=O) groups excluding carboxylic acids is 1.